The van der Waals surface area contributed by atoms with Crippen molar-refractivity contribution in [3.05, 3.63) is 83.1 Å². The van der Waals surface area contributed by atoms with Gasteiger partial charge in [0, 0.05) is 36.9 Å². The van der Waals surface area contributed by atoms with Gasteiger partial charge in [0.15, 0.2) is 0 Å². The summed E-state index contributed by atoms with van der Waals surface area (Å²) in [6.07, 6.45) is 3.62. The van der Waals surface area contributed by atoms with Gasteiger partial charge in [-0.1, -0.05) is 12.1 Å². The summed E-state index contributed by atoms with van der Waals surface area (Å²) in [4.78, 5) is 18.5. The number of aryl methyl sites for hydroxylation is 2. The van der Waals surface area contributed by atoms with E-state index in [4.69, 9.17) is 0 Å². The van der Waals surface area contributed by atoms with Gasteiger partial charge in [0.1, 0.15) is 5.82 Å². The molecule has 0 bridgehead atoms. The van der Waals surface area contributed by atoms with Crippen LogP contribution in [0, 0.1) is 12.7 Å². The van der Waals surface area contributed by atoms with Crippen LogP contribution in [0.4, 0.5) is 4.39 Å². The van der Waals surface area contributed by atoms with Crippen molar-refractivity contribution in [2.24, 2.45) is 7.05 Å². The predicted octanol–water partition coefficient (Wildman–Crippen LogP) is 4.24. The third kappa shape index (κ3) is 2.97. The first kappa shape index (κ1) is 17.6. The Labute approximate surface area is 167 Å². The molecule has 29 heavy (non-hydrogen) atoms. The number of nitrogens with zero attached hydrogens (tertiary/aromatic N) is 4. The Balaban J connectivity index is 1.46. The zero-order chi connectivity index (χ0) is 20.1. The van der Waals surface area contributed by atoms with Crippen LogP contribution in [0.25, 0.3) is 22.0 Å². The number of carbonyl (C=O) groups excluding carboxylic acids is 1. The standard InChI is InChI=1S/C23H19FN4O/c1-14-8-16(15-5-6-21-17(9-15)11-27(2)26-21)10-20(24)19(14)12-28-13-22-18(23(28)29)4-3-7-25-22/h3-11H,12-13H2,1-2H3. The summed E-state index contributed by atoms with van der Waals surface area (Å²) in [5.74, 6) is -0.402. The van der Waals surface area contributed by atoms with Crippen molar-refractivity contribution in [2.75, 3.05) is 0 Å². The van der Waals surface area contributed by atoms with Crippen LogP contribution in [0.3, 0.4) is 0 Å². The van der Waals surface area contributed by atoms with Crippen LogP contribution in [-0.2, 0) is 20.1 Å². The lowest BCUT2D eigenvalue weighted by Gasteiger charge is -2.18. The molecule has 3 heterocycles. The van der Waals surface area contributed by atoms with E-state index in [0.29, 0.717) is 17.7 Å². The van der Waals surface area contributed by atoms with Gasteiger partial charge in [-0.3, -0.25) is 14.5 Å². The second kappa shape index (κ2) is 6.51. The van der Waals surface area contributed by atoms with E-state index in [2.05, 4.69) is 10.1 Å². The number of carbonyl (C=O) groups is 1. The van der Waals surface area contributed by atoms with E-state index in [1.54, 1.807) is 34.0 Å². The maximum Gasteiger partial charge on any atom is 0.256 e. The first-order chi connectivity index (χ1) is 14.0. The maximum atomic E-state index is 15.1. The first-order valence-electron chi connectivity index (χ1n) is 9.45. The number of fused-ring (bicyclic) bond motifs is 2. The largest absolute Gasteiger partial charge is 0.328 e. The van der Waals surface area contributed by atoms with Crippen molar-refractivity contribution in [2.45, 2.75) is 20.0 Å². The van der Waals surface area contributed by atoms with E-state index in [1.165, 1.54) is 0 Å². The molecular weight excluding hydrogens is 367 g/mol. The van der Waals surface area contributed by atoms with Crippen LogP contribution in [0.5, 0.6) is 0 Å². The van der Waals surface area contributed by atoms with Gasteiger partial charge in [-0.15, -0.1) is 0 Å². The van der Waals surface area contributed by atoms with E-state index < -0.39 is 0 Å². The van der Waals surface area contributed by atoms with Crippen LogP contribution in [0.2, 0.25) is 0 Å². The molecule has 0 spiro atoms. The van der Waals surface area contributed by atoms with Crippen LogP contribution >= 0.6 is 0 Å². The molecular formula is C23H19FN4O. The summed E-state index contributed by atoms with van der Waals surface area (Å²) >= 11 is 0. The molecule has 144 valence electrons. The number of hydrogen-bond acceptors (Lipinski definition) is 3. The van der Waals surface area contributed by atoms with Crippen molar-refractivity contribution >= 4 is 16.8 Å². The van der Waals surface area contributed by atoms with E-state index >= 15 is 4.39 Å². The lowest BCUT2D eigenvalue weighted by atomic mass is 9.98. The summed E-state index contributed by atoms with van der Waals surface area (Å²) in [5.41, 5.74) is 5.37. The minimum Gasteiger partial charge on any atom is -0.328 e. The van der Waals surface area contributed by atoms with Gasteiger partial charge < -0.3 is 4.90 Å². The summed E-state index contributed by atoms with van der Waals surface area (Å²) in [6, 6.07) is 13.0. The lowest BCUT2D eigenvalue weighted by molar-refractivity contribution is 0.0764. The van der Waals surface area contributed by atoms with Crippen LogP contribution in [0.15, 0.2) is 54.9 Å². The second-order valence-corrected chi connectivity index (χ2v) is 7.49. The molecule has 5 nitrogen and oxygen atoms in total. The first-order valence-corrected chi connectivity index (χ1v) is 9.45. The van der Waals surface area contributed by atoms with E-state index in [0.717, 1.165) is 33.3 Å². The van der Waals surface area contributed by atoms with Gasteiger partial charge in [-0.2, -0.15) is 5.10 Å². The molecule has 0 N–H and O–H groups in total. The Bertz CT molecular complexity index is 1250. The number of benzene rings is 2. The highest BCUT2D eigenvalue weighted by atomic mass is 19.1. The molecule has 6 heteroatoms. The van der Waals surface area contributed by atoms with Gasteiger partial charge in [0.2, 0.25) is 0 Å². The van der Waals surface area contributed by atoms with E-state index in [9.17, 15) is 4.79 Å². The number of halogens is 1. The fourth-order valence-electron chi connectivity index (χ4n) is 3.97. The predicted molar refractivity (Wildman–Crippen MR) is 109 cm³/mol. The highest BCUT2D eigenvalue weighted by Crippen LogP contribution is 2.30. The Morgan fingerprint density at radius 3 is 2.79 bits per heavy atom. The molecule has 5 rings (SSSR count). The number of hydrogen-bond donors (Lipinski definition) is 0. The SMILES string of the molecule is Cc1cc(-c2ccc3nn(C)cc3c2)cc(F)c1CN1Cc2ncccc2C1=O. The molecule has 0 atom stereocenters. The average Bonchev–Trinajstić information content (AvgIpc) is 3.23. The van der Waals surface area contributed by atoms with Gasteiger partial charge in [0.05, 0.1) is 23.3 Å². The number of amides is 1. The van der Waals surface area contributed by atoms with Gasteiger partial charge in [-0.05, 0) is 53.9 Å². The number of rotatable bonds is 3. The Morgan fingerprint density at radius 1 is 1.14 bits per heavy atom. The van der Waals surface area contributed by atoms with Crippen molar-refractivity contribution < 1.29 is 9.18 Å². The Hall–Kier alpha value is -3.54. The van der Waals surface area contributed by atoms with Gasteiger partial charge in [0.25, 0.3) is 5.91 Å². The fraction of sp³-hybridized carbons (Fsp3) is 0.174. The molecule has 1 aliphatic rings. The average molecular weight is 386 g/mol. The fourth-order valence-corrected chi connectivity index (χ4v) is 3.97. The van der Waals surface area contributed by atoms with E-state index in [-0.39, 0.29) is 18.3 Å². The molecule has 2 aromatic carbocycles. The maximum absolute atomic E-state index is 15.1. The topological polar surface area (TPSA) is 51.0 Å². The number of pyridine rings is 1. The highest BCUT2D eigenvalue weighted by Gasteiger charge is 2.29. The van der Waals surface area contributed by atoms with E-state index in [1.807, 2.05) is 44.4 Å². The molecule has 0 fully saturated rings. The Kier molecular flexibility index (Phi) is 3.94. The second-order valence-electron chi connectivity index (χ2n) is 7.49. The molecule has 0 radical (unpaired) electrons. The molecule has 1 amide bonds. The summed E-state index contributed by atoms with van der Waals surface area (Å²) in [5, 5.41) is 5.39. The Morgan fingerprint density at radius 2 is 2.00 bits per heavy atom. The molecule has 2 aromatic heterocycles. The summed E-state index contributed by atoms with van der Waals surface area (Å²) in [6.45, 7) is 2.53. The lowest BCUT2D eigenvalue weighted by Crippen LogP contribution is -2.24. The van der Waals surface area contributed by atoms with Crippen LogP contribution < -0.4 is 0 Å². The zero-order valence-electron chi connectivity index (χ0n) is 16.2. The third-order valence-electron chi connectivity index (χ3n) is 5.47. The van der Waals surface area contributed by atoms with Crippen molar-refractivity contribution in [3.8, 4) is 11.1 Å². The zero-order valence-corrected chi connectivity index (χ0v) is 16.2. The summed E-state index contributed by atoms with van der Waals surface area (Å²) in [7, 11) is 1.88. The monoisotopic (exact) mass is 386 g/mol. The van der Waals surface area contributed by atoms with Crippen molar-refractivity contribution in [1.82, 2.24) is 19.7 Å². The van der Waals surface area contributed by atoms with Gasteiger partial charge in [-0.25, -0.2) is 4.39 Å². The van der Waals surface area contributed by atoms with Crippen LogP contribution in [-0.4, -0.2) is 25.6 Å². The smallest absolute Gasteiger partial charge is 0.256 e. The van der Waals surface area contributed by atoms with Crippen molar-refractivity contribution in [1.29, 1.82) is 0 Å². The molecule has 0 aliphatic carbocycles. The molecule has 1 aliphatic heterocycles. The molecule has 0 saturated heterocycles. The van der Waals surface area contributed by atoms with Gasteiger partial charge >= 0.3 is 0 Å². The highest BCUT2D eigenvalue weighted by molar-refractivity contribution is 5.97. The molecule has 4 aromatic rings. The van der Waals surface area contributed by atoms with Crippen LogP contribution in [0.1, 0.15) is 27.2 Å². The molecule has 0 saturated carbocycles. The molecule has 0 unspecified atom stereocenters. The minimum atomic E-state index is -0.303. The minimum absolute atomic E-state index is 0.0991. The quantitative estimate of drug-likeness (QED) is 0.529. The third-order valence-corrected chi connectivity index (χ3v) is 5.47. The van der Waals surface area contributed by atoms with Crippen molar-refractivity contribution in [3.63, 3.8) is 0 Å². The normalized spacial score (nSPS) is 13.3. The number of aromatic nitrogens is 3. The summed E-state index contributed by atoms with van der Waals surface area (Å²) < 4.78 is 16.8.